The molecule has 0 heterocycles. The highest BCUT2D eigenvalue weighted by Crippen LogP contribution is 2.32. The molecule has 0 aromatic carbocycles. The third-order valence-corrected chi connectivity index (χ3v) is 2.65. The Morgan fingerprint density at radius 3 is 2.31 bits per heavy atom. The summed E-state index contributed by atoms with van der Waals surface area (Å²) in [5, 5.41) is 17.6. The molecule has 1 rings (SSSR count). The highest BCUT2D eigenvalue weighted by Gasteiger charge is 2.47. The van der Waals surface area contributed by atoms with E-state index >= 15 is 0 Å². The van der Waals surface area contributed by atoms with Crippen molar-refractivity contribution in [1.29, 1.82) is 0 Å². The van der Waals surface area contributed by atoms with Gasteiger partial charge in [-0.1, -0.05) is 12.8 Å². The summed E-state index contributed by atoms with van der Waals surface area (Å²) >= 11 is 0. The molecule has 5 nitrogen and oxygen atoms in total. The van der Waals surface area contributed by atoms with Gasteiger partial charge in [0.15, 0.2) is 0 Å². The molecule has 0 spiro atoms. The topological polar surface area (TPSA) is 101 Å². The Hall–Kier alpha value is -1.10. The zero-order valence-electron chi connectivity index (χ0n) is 7.19. The number of carboxylic acid groups (broad SMARTS) is 2. The normalized spacial score (nSPS) is 34.1. The van der Waals surface area contributed by atoms with Gasteiger partial charge in [-0.15, -0.1) is 0 Å². The van der Waals surface area contributed by atoms with Crippen molar-refractivity contribution in [2.45, 2.75) is 31.2 Å². The van der Waals surface area contributed by atoms with Crippen LogP contribution >= 0.6 is 0 Å². The Morgan fingerprint density at radius 1 is 1.31 bits per heavy atom. The van der Waals surface area contributed by atoms with E-state index in [4.69, 9.17) is 15.9 Å². The molecule has 0 radical (unpaired) electrons. The lowest BCUT2D eigenvalue weighted by Gasteiger charge is -2.34. The highest BCUT2D eigenvalue weighted by molar-refractivity contribution is 5.86. The quantitative estimate of drug-likeness (QED) is 0.566. The molecule has 0 aromatic heterocycles. The fourth-order valence-corrected chi connectivity index (χ4v) is 1.80. The maximum atomic E-state index is 10.8. The Bertz CT molecular complexity index is 240. The van der Waals surface area contributed by atoms with E-state index < -0.39 is 23.4 Å². The van der Waals surface area contributed by atoms with Crippen molar-refractivity contribution in [2.75, 3.05) is 0 Å². The molecule has 4 N–H and O–H groups in total. The Labute approximate surface area is 75.5 Å². The van der Waals surface area contributed by atoms with E-state index in [1.165, 1.54) is 0 Å². The smallest absolute Gasteiger partial charge is 0.324 e. The molecule has 2 atom stereocenters. The molecule has 0 saturated heterocycles. The first kappa shape index (κ1) is 9.98. The van der Waals surface area contributed by atoms with Gasteiger partial charge in [0, 0.05) is 0 Å². The van der Waals surface area contributed by atoms with Crippen LogP contribution in [0.2, 0.25) is 0 Å². The van der Waals surface area contributed by atoms with E-state index in [0.29, 0.717) is 12.8 Å². The largest absolute Gasteiger partial charge is 0.481 e. The molecule has 1 aliphatic carbocycles. The van der Waals surface area contributed by atoms with E-state index in [9.17, 15) is 9.59 Å². The molecule has 74 valence electrons. The van der Waals surface area contributed by atoms with Gasteiger partial charge in [-0.25, -0.2) is 0 Å². The van der Waals surface area contributed by atoms with Crippen molar-refractivity contribution < 1.29 is 19.8 Å². The first-order valence-electron chi connectivity index (χ1n) is 4.23. The van der Waals surface area contributed by atoms with Crippen molar-refractivity contribution in [1.82, 2.24) is 0 Å². The summed E-state index contributed by atoms with van der Waals surface area (Å²) in [4.78, 5) is 21.5. The van der Waals surface area contributed by atoms with Crippen LogP contribution in [0.1, 0.15) is 25.7 Å². The van der Waals surface area contributed by atoms with Crippen LogP contribution in [0.5, 0.6) is 0 Å². The molecular weight excluding hydrogens is 174 g/mol. The average Bonchev–Trinajstić information content (AvgIpc) is 2.04. The van der Waals surface area contributed by atoms with Crippen LogP contribution in [-0.2, 0) is 9.59 Å². The van der Waals surface area contributed by atoms with Crippen molar-refractivity contribution in [3.63, 3.8) is 0 Å². The molecule has 0 unspecified atom stereocenters. The fraction of sp³-hybridized carbons (Fsp3) is 0.750. The van der Waals surface area contributed by atoms with Crippen molar-refractivity contribution in [3.05, 3.63) is 0 Å². The third-order valence-electron chi connectivity index (χ3n) is 2.65. The van der Waals surface area contributed by atoms with Crippen LogP contribution in [-0.4, -0.2) is 27.7 Å². The maximum absolute atomic E-state index is 10.8. The van der Waals surface area contributed by atoms with E-state index in [-0.39, 0.29) is 6.42 Å². The summed E-state index contributed by atoms with van der Waals surface area (Å²) < 4.78 is 0. The summed E-state index contributed by atoms with van der Waals surface area (Å²) in [5.41, 5.74) is 4.00. The summed E-state index contributed by atoms with van der Waals surface area (Å²) in [7, 11) is 0. The second-order valence-electron chi connectivity index (χ2n) is 3.48. The van der Waals surface area contributed by atoms with Gasteiger partial charge in [-0.3, -0.25) is 9.59 Å². The molecule has 1 aliphatic rings. The van der Waals surface area contributed by atoms with E-state index in [0.717, 1.165) is 6.42 Å². The van der Waals surface area contributed by atoms with Crippen LogP contribution in [0.4, 0.5) is 0 Å². The van der Waals surface area contributed by atoms with Crippen LogP contribution in [0, 0.1) is 5.92 Å². The lowest BCUT2D eigenvalue weighted by Crippen LogP contribution is -2.58. The summed E-state index contributed by atoms with van der Waals surface area (Å²) in [6.07, 6.45) is 2.03. The summed E-state index contributed by atoms with van der Waals surface area (Å²) in [6, 6.07) is 0. The number of hydrogen-bond acceptors (Lipinski definition) is 3. The van der Waals surface area contributed by atoms with Gasteiger partial charge in [-0.05, 0) is 12.8 Å². The fourth-order valence-electron chi connectivity index (χ4n) is 1.80. The van der Waals surface area contributed by atoms with Crippen LogP contribution in [0.15, 0.2) is 0 Å². The Morgan fingerprint density at radius 2 is 1.92 bits per heavy atom. The highest BCUT2D eigenvalue weighted by atomic mass is 16.4. The van der Waals surface area contributed by atoms with E-state index in [2.05, 4.69) is 0 Å². The summed E-state index contributed by atoms with van der Waals surface area (Å²) in [5.74, 6) is -3.26. The number of nitrogens with two attached hydrogens (primary N) is 1. The second-order valence-corrected chi connectivity index (χ2v) is 3.48. The lowest BCUT2D eigenvalue weighted by atomic mass is 9.73. The van der Waals surface area contributed by atoms with Gasteiger partial charge in [-0.2, -0.15) is 0 Å². The molecule has 0 aliphatic heterocycles. The van der Waals surface area contributed by atoms with Gasteiger partial charge in [0.05, 0.1) is 5.92 Å². The monoisotopic (exact) mass is 187 g/mol. The minimum atomic E-state index is -1.57. The number of carboxylic acids is 2. The van der Waals surface area contributed by atoms with Gasteiger partial charge < -0.3 is 15.9 Å². The minimum Gasteiger partial charge on any atom is -0.481 e. The Balaban J connectivity index is 2.89. The number of aliphatic carboxylic acids is 2. The second kappa shape index (κ2) is 3.33. The van der Waals surface area contributed by atoms with Gasteiger partial charge in [0.1, 0.15) is 5.54 Å². The lowest BCUT2D eigenvalue weighted by molar-refractivity contribution is -0.157. The van der Waals surface area contributed by atoms with Crippen LogP contribution in [0.3, 0.4) is 0 Å². The van der Waals surface area contributed by atoms with Gasteiger partial charge >= 0.3 is 11.9 Å². The molecule has 5 heteroatoms. The van der Waals surface area contributed by atoms with Crippen molar-refractivity contribution in [2.24, 2.45) is 11.7 Å². The van der Waals surface area contributed by atoms with Crippen molar-refractivity contribution >= 4 is 11.9 Å². The predicted octanol–water partition coefficient (Wildman–Crippen LogP) is 0.0433. The zero-order valence-corrected chi connectivity index (χ0v) is 7.19. The number of rotatable bonds is 2. The molecule has 0 bridgehead atoms. The number of carbonyl (C=O) groups is 2. The first-order chi connectivity index (χ1) is 5.98. The molecule has 13 heavy (non-hydrogen) atoms. The zero-order chi connectivity index (χ0) is 10.1. The third kappa shape index (κ3) is 1.65. The summed E-state index contributed by atoms with van der Waals surface area (Å²) in [6.45, 7) is 0. The van der Waals surface area contributed by atoms with Gasteiger partial charge in [0.25, 0.3) is 0 Å². The Kier molecular flexibility index (Phi) is 2.56. The minimum absolute atomic E-state index is 0.249. The van der Waals surface area contributed by atoms with E-state index in [1.54, 1.807) is 0 Å². The molecular formula is C8H13NO4. The van der Waals surface area contributed by atoms with Gasteiger partial charge in [0.2, 0.25) is 0 Å². The standard InChI is InChI=1S/C8H13NO4/c9-8(7(12)13)4-2-1-3-5(8)6(10)11/h5H,1-4,9H2,(H,10,11)(H,12,13)/t5-,8-/m1/s1. The van der Waals surface area contributed by atoms with Crippen LogP contribution in [0.25, 0.3) is 0 Å². The molecule has 0 amide bonds. The maximum Gasteiger partial charge on any atom is 0.324 e. The van der Waals surface area contributed by atoms with E-state index in [1.807, 2.05) is 0 Å². The molecule has 0 aromatic rings. The SMILES string of the molecule is N[C@]1(C(=O)O)CCCC[C@@H]1C(=O)O. The number of hydrogen-bond donors (Lipinski definition) is 3. The van der Waals surface area contributed by atoms with Crippen molar-refractivity contribution in [3.8, 4) is 0 Å². The van der Waals surface area contributed by atoms with Crippen LogP contribution < -0.4 is 5.73 Å². The molecule has 1 fully saturated rings. The molecule has 1 saturated carbocycles. The first-order valence-corrected chi connectivity index (χ1v) is 4.23. The average molecular weight is 187 g/mol. The predicted molar refractivity (Wildman–Crippen MR) is 44.1 cm³/mol.